The third-order valence-electron chi connectivity index (χ3n) is 0.994. The molecule has 3 nitrogen and oxygen atoms in total. The molecule has 0 amide bonds. The molecule has 0 aromatic rings. The summed E-state index contributed by atoms with van der Waals surface area (Å²) in [6, 6.07) is 0. The molecule has 0 saturated carbocycles. The molecular formula is C7H19NO2. The summed E-state index contributed by atoms with van der Waals surface area (Å²) >= 11 is 0. The summed E-state index contributed by atoms with van der Waals surface area (Å²) in [4.78, 5) is 0. The highest BCUT2D eigenvalue weighted by Gasteiger charge is 2.05. The van der Waals surface area contributed by atoms with E-state index in [2.05, 4.69) is 0 Å². The lowest BCUT2D eigenvalue weighted by molar-refractivity contribution is 0.0765. The van der Waals surface area contributed by atoms with Crippen molar-refractivity contribution in [2.45, 2.75) is 32.8 Å². The van der Waals surface area contributed by atoms with E-state index in [0.29, 0.717) is 6.54 Å². The molecule has 0 fully saturated rings. The molecule has 0 unspecified atom stereocenters. The van der Waals surface area contributed by atoms with E-state index < -0.39 is 5.60 Å². The molecule has 0 aromatic carbocycles. The van der Waals surface area contributed by atoms with E-state index in [1.54, 1.807) is 13.8 Å². The van der Waals surface area contributed by atoms with Crippen LogP contribution >= 0.6 is 0 Å². The van der Waals surface area contributed by atoms with Crippen molar-refractivity contribution in [2.24, 2.45) is 5.73 Å². The average Bonchev–Trinajstić information content (AvgIpc) is 1.87. The van der Waals surface area contributed by atoms with Gasteiger partial charge in [0.2, 0.25) is 0 Å². The molecule has 0 spiro atoms. The van der Waals surface area contributed by atoms with Crippen LogP contribution in [0.25, 0.3) is 0 Å². The smallest absolute Gasteiger partial charge is 0.0589 e. The van der Waals surface area contributed by atoms with Crippen LogP contribution in [0, 0.1) is 0 Å². The zero-order valence-electron chi connectivity index (χ0n) is 7.09. The lowest BCUT2D eigenvalue weighted by atomic mass is 10.1. The molecule has 0 atom stereocenters. The van der Waals surface area contributed by atoms with Gasteiger partial charge in [-0.25, -0.2) is 0 Å². The first-order valence-corrected chi connectivity index (χ1v) is 3.51. The summed E-state index contributed by atoms with van der Waals surface area (Å²) in [5.41, 5.74) is 4.32. The van der Waals surface area contributed by atoms with Crippen molar-refractivity contribution in [1.29, 1.82) is 0 Å². The highest BCUT2D eigenvalue weighted by molar-refractivity contribution is 4.59. The summed E-state index contributed by atoms with van der Waals surface area (Å²) in [5.74, 6) is 0. The third-order valence-corrected chi connectivity index (χ3v) is 0.994. The number of nitrogens with two attached hydrogens (primary N) is 1. The van der Waals surface area contributed by atoms with Gasteiger partial charge in [0, 0.05) is 6.54 Å². The quantitative estimate of drug-likeness (QED) is 0.522. The average molecular weight is 149 g/mol. The van der Waals surface area contributed by atoms with Crippen molar-refractivity contribution in [2.75, 3.05) is 13.2 Å². The minimum atomic E-state index is -0.458. The molecule has 0 aliphatic heterocycles. The summed E-state index contributed by atoms with van der Waals surface area (Å²) in [6.45, 7) is 6.03. The largest absolute Gasteiger partial charge is 0.395 e. The van der Waals surface area contributed by atoms with Crippen LogP contribution in [0.5, 0.6) is 0 Å². The van der Waals surface area contributed by atoms with Gasteiger partial charge in [-0.2, -0.15) is 0 Å². The molecule has 4 N–H and O–H groups in total. The van der Waals surface area contributed by atoms with Crippen LogP contribution in [0.3, 0.4) is 0 Å². The molecule has 0 saturated heterocycles. The Morgan fingerprint density at radius 2 is 1.60 bits per heavy atom. The Bertz CT molecular complexity index is 57.1. The van der Waals surface area contributed by atoms with Gasteiger partial charge in [0.15, 0.2) is 0 Å². The SMILES string of the molecule is CCC(C)(C)O.NCCO. The summed E-state index contributed by atoms with van der Waals surface area (Å²) in [5, 5.41) is 16.6. The Morgan fingerprint density at radius 3 is 1.60 bits per heavy atom. The van der Waals surface area contributed by atoms with Gasteiger partial charge in [0.25, 0.3) is 0 Å². The van der Waals surface area contributed by atoms with Crippen molar-refractivity contribution < 1.29 is 10.2 Å². The van der Waals surface area contributed by atoms with Crippen molar-refractivity contribution in [3.05, 3.63) is 0 Å². The summed E-state index contributed by atoms with van der Waals surface area (Å²) < 4.78 is 0. The Hall–Kier alpha value is -0.120. The molecule has 3 heteroatoms. The van der Waals surface area contributed by atoms with Crippen molar-refractivity contribution >= 4 is 0 Å². The first kappa shape index (κ1) is 12.5. The Morgan fingerprint density at radius 1 is 1.40 bits per heavy atom. The molecule has 0 aliphatic carbocycles. The van der Waals surface area contributed by atoms with Crippen molar-refractivity contribution in [3.8, 4) is 0 Å². The predicted octanol–water partition coefficient (Wildman–Crippen LogP) is 0.105. The van der Waals surface area contributed by atoms with Crippen LogP contribution in [0.1, 0.15) is 27.2 Å². The molecule has 0 rings (SSSR count). The topological polar surface area (TPSA) is 66.5 Å². The summed E-state index contributed by atoms with van der Waals surface area (Å²) in [7, 11) is 0. The fourth-order valence-electron chi connectivity index (χ4n) is 0. The minimum absolute atomic E-state index is 0.0972. The lowest BCUT2D eigenvalue weighted by Gasteiger charge is -2.11. The second-order valence-electron chi connectivity index (χ2n) is 2.68. The van der Waals surface area contributed by atoms with E-state index in [9.17, 15) is 0 Å². The normalized spacial score (nSPS) is 10.2. The lowest BCUT2D eigenvalue weighted by Crippen LogP contribution is -2.15. The molecule has 0 radical (unpaired) electrons. The fraction of sp³-hybridized carbons (Fsp3) is 1.00. The molecular weight excluding hydrogens is 130 g/mol. The number of hydrogen-bond donors (Lipinski definition) is 3. The number of hydrogen-bond acceptors (Lipinski definition) is 3. The molecule has 0 aliphatic rings. The maximum atomic E-state index is 8.83. The maximum absolute atomic E-state index is 8.83. The Labute approximate surface area is 62.9 Å². The maximum Gasteiger partial charge on any atom is 0.0589 e. The molecule has 0 aromatic heterocycles. The highest BCUT2D eigenvalue weighted by atomic mass is 16.3. The predicted molar refractivity (Wildman–Crippen MR) is 42.7 cm³/mol. The number of rotatable bonds is 2. The second kappa shape index (κ2) is 6.99. The fourth-order valence-corrected chi connectivity index (χ4v) is 0. The highest BCUT2D eigenvalue weighted by Crippen LogP contribution is 2.03. The van der Waals surface area contributed by atoms with Crippen LogP contribution in [0.4, 0.5) is 0 Å². The van der Waals surface area contributed by atoms with Gasteiger partial charge in [-0.15, -0.1) is 0 Å². The van der Waals surface area contributed by atoms with Crippen LogP contribution in [0.2, 0.25) is 0 Å². The van der Waals surface area contributed by atoms with Crippen LogP contribution in [-0.4, -0.2) is 29.0 Å². The molecule has 64 valence electrons. The first-order valence-electron chi connectivity index (χ1n) is 3.51. The van der Waals surface area contributed by atoms with Gasteiger partial charge >= 0.3 is 0 Å². The monoisotopic (exact) mass is 149 g/mol. The van der Waals surface area contributed by atoms with Gasteiger partial charge in [-0.3, -0.25) is 0 Å². The number of aliphatic hydroxyl groups is 2. The van der Waals surface area contributed by atoms with Crippen molar-refractivity contribution in [1.82, 2.24) is 0 Å². The zero-order valence-corrected chi connectivity index (χ0v) is 7.09. The van der Waals surface area contributed by atoms with E-state index in [0.717, 1.165) is 6.42 Å². The van der Waals surface area contributed by atoms with Gasteiger partial charge in [-0.1, -0.05) is 6.92 Å². The van der Waals surface area contributed by atoms with E-state index in [1.807, 2.05) is 6.92 Å². The van der Waals surface area contributed by atoms with Gasteiger partial charge in [0.05, 0.1) is 12.2 Å². The first-order chi connectivity index (χ1) is 4.47. The van der Waals surface area contributed by atoms with Crippen LogP contribution in [0.15, 0.2) is 0 Å². The zero-order chi connectivity index (χ0) is 8.62. The second-order valence-corrected chi connectivity index (χ2v) is 2.68. The van der Waals surface area contributed by atoms with E-state index in [4.69, 9.17) is 15.9 Å². The van der Waals surface area contributed by atoms with Crippen molar-refractivity contribution in [3.63, 3.8) is 0 Å². The van der Waals surface area contributed by atoms with E-state index >= 15 is 0 Å². The standard InChI is InChI=1S/C5H12O.C2H7NO/c1-4-5(2,3)6;3-1-2-4/h6H,4H2,1-3H3;4H,1-3H2. The Balaban J connectivity index is 0. The van der Waals surface area contributed by atoms with Gasteiger partial charge in [-0.05, 0) is 20.3 Å². The summed E-state index contributed by atoms with van der Waals surface area (Å²) in [6.07, 6.45) is 0.826. The van der Waals surface area contributed by atoms with E-state index in [1.165, 1.54) is 0 Å². The molecule has 0 heterocycles. The van der Waals surface area contributed by atoms with Crippen LogP contribution in [-0.2, 0) is 0 Å². The van der Waals surface area contributed by atoms with E-state index in [-0.39, 0.29) is 6.61 Å². The molecule has 0 bridgehead atoms. The van der Waals surface area contributed by atoms with Gasteiger partial charge in [0.1, 0.15) is 0 Å². The Kier molecular flexibility index (Phi) is 8.77. The third kappa shape index (κ3) is 24.8. The van der Waals surface area contributed by atoms with Gasteiger partial charge < -0.3 is 15.9 Å². The molecule has 10 heavy (non-hydrogen) atoms. The number of aliphatic hydroxyl groups excluding tert-OH is 1. The minimum Gasteiger partial charge on any atom is -0.395 e. The van der Waals surface area contributed by atoms with Crippen LogP contribution < -0.4 is 5.73 Å².